The quantitative estimate of drug-likeness (QED) is 0.716. The highest BCUT2D eigenvalue weighted by Gasteiger charge is 2.40. The molecule has 3 aliphatic rings. The Hall–Kier alpha value is -2.33. The maximum absolute atomic E-state index is 13.0. The van der Waals surface area contributed by atoms with E-state index in [9.17, 15) is 4.79 Å². The number of benzene rings is 2. The van der Waals surface area contributed by atoms with Gasteiger partial charge in [-0.15, -0.1) is 0 Å². The summed E-state index contributed by atoms with van der Waals surface area (Å²) in [6, 6.07) is 19.0. The number of hydrogen-bond donors (Lipinski definition) is 0. The summed E-state index contributed by atoms with van der Waals surface area (Å²) in [7, 11) is 0. The standard InChI is InChI=1S/C26H32N2O2/c29-26(28-19-21-9-10-23(28)17-21)22-7-4-8-25(18-22)30-24-12-15-27(16-13-24)14-11-20-5-2-1-3-6-20/h1-8,18,21,23-24H,9-17,19H2/t21-,23-/m0/s1. The lowest BCUT2D eigenvalue weighted by Gasteiger charge is -2.32. The van der Waals surface area contributed by atoms with Crippen LogP contribution in [0, 0.1) is 5.92 Å². The number of carbonyl (C=O) groups excluding carboxylic acids is 1. The summed E-state index contributed by atoms with van der Waals surface area (Å²) in [5.41, 5.74) is 2.18. The molecule has 0 spiro atoms. The summed E-state index contributed by atoms with van der Waals surface area (Å²) in [4.78, 5) is 17.6. The van der Waals surface area contributed by atoms with Gasteiger partial charge in [-0.3, -0.25) is 4.79 Å². The first-order valence-electron chi connectivity index (χ1n) is 11.6. The first-order valence-corrected chi connectivity index (χ1v) is 11.6. The summed E-state index contributed by atoms with van der Waals surface area (Å²) in [6.07, 6.45) is 7.11. The van der Waals surface area contributed by atoms with Gasteiger partial charge in [0.15, 0.2) is 0 Å². The molecule has 2 heterocycles. The largest absolute Gasteiger partial charge is 0.490 e. The van der Waals surface area contributed by atoms with E-state index in [1.165, 1.54) is 24.8 Å². The van der Waals surface area contributed by atoms with Crippen LogP contribution in [0.5, 0.6) is 5.75 Å². The predicted molar refractivity (Wildman–Crippen MR) is 119 cm³/mol. The molecule has 158 valence electrons. The highest BCUT2D eigenvalue weighted by atomic mass is 16.5. The summed E-state index contributed by atoms with van der Waals surface area (Å²) in [5, 5.41) is 0. The number of ether oxygens (including phenoxy) is 1. The molecule has 1 aliphatic carbocycles. The zero-order chi connectivity index (χ0) is 20.3. The monoisotopic (exact) mass is 404 g/mol. The van der Waals surface area contributed by atoms with E-state index in [2.05, 4.69) is 40.1 Å². The third-order valence-electron chi connectivity index (χ3n) is 7.15. The van der Waals surface area contributed by atoms with Gasteiger partial charge in [-0.2, -0.15) is 0 Å². The fourth-order valence-corrected chi connectivity index (χ4v) is 5.42. The molecule has 3 fully saturated rings. The Labute approximate surface area is 179 Å². The fraction of sp³-hybridized carbons (Fsp3) is 0.500. The number of likely N-dealkylation sites (tertiary alicyclic amines) is 2. The molecule has 2 aromatic carbocycles. The molecule has 1 saturated carbocycles. The van der Waals surface area contributed by atoms with Crippen molar-refractivity contribution in [2.24, 2.45) is 5.92 Å². The topological polar surface area (TPSA) is 32.8 Å². The van der Waals surface area contributed by atoms with E-state index in [0.717, 1.165) is 62.7 Å². The van der Waals surface area contributed by atoms with Crippen molar-refractivity contribution >= 4 is 5.91 Å². The molecular formula is C26H32N2O2. The maximum Gasteiger partial charge on any atom is 0.254 e. The minimum absolute atomic E-state index is 0.184. The molecule has 2 atom stereocenters. The van der Waals surface area contributed by atoms with Crippen molar-refractivity contribution < 1.29 is 9.53 Å². The Balaban J connectivity index is 1.12. The van der Waals surface area contributed by atoms with E-state index in [1.807, 2.05) is 24.3 Å². The van der Waals surface area contributed by atoms with Crippen LogP contribution >= 0.6 is 0 Å². The summed E-state index contributed by atoms with van der Waals surface area (Å²) >= 11 is 0. The van der Waals surface area contributed by atoms with Crippen LogP contribution in [0.15, 0.2) is 54.6 Å². The van der Waals surface area contributed by atoms with Gasteiger partial charge < -0.3 is 14.5 Å². The summed E-state index contributed by atoms with van der Waals surface area (Å²) in [5.74, 6) is 1.75. The lowest BCUT2D eigenvalue weighted by atomic mass is 10.1. The number of hydrogen-bond acceptors (Lipinski definition) is 3. The van der Waals surface area contributed by atoms with Gasteiger partial charge in [0.25, 0.3) is 5.91 Å². The highest BCUT2D eigenvalue weighted by molar-refractivity contribution is 5.95. The zero-order valence-corrected chi connectivity index (χ0v) is 17.7. The van der Waals surface area contributed by atoms with Gasteiger partial charge in [-0.1, -0.05) is 36.4 Å². The number of amides is 1. The van der Waals surface area contributed by atoms with E-state index in [1.54, 1.807) is 0 Å². The van der Waals surface area contributed by atoms with Crippen LogP contribution in [-0.4, -0.2) is 54.0 Å². The smallest absolute Gasteiger partial charge is 0.254 e. The van der Waals surface area contributed by atoms with Crippen LogP contribution in [0.3, 0.4) is 0 Å². The molecule has 2 aliphatic heterocycles. The fourth-order valence-electron chi connectivity index (χ4n) is 5.42. The predicted octanol–water partition coefficient (Wildman–Crippen LogP) is 4.40. The van der Waals surface area contributed by atoms with E-state index in [0.29, 0.717) is 6.04 Å². The lowest BCUT2D eigenvalue weighted by Crippen LogP contribution is -2.39. The Bertz CT molecular complexity index is 860. The minimum atomic E-state index is 0.184. The van der Waals surface area contributed by atoms with E-state index in [-0.39, 0.29) is 12.0 Å². The molecule has 1 amide bonds. The minimum Gasteiger partial charge on any atom is -0.490 e. The SMILES string of the molecule is O=C(c1cccc(OC2CCN(CCc3ccccc3)CC2)c1)N1C[C@H]2CC[C@H]1C2. The molecule has 0 radical (unpaired) electrons. The normalized spacial score (nSPS) is 24.3. The number of nitrogens with zero attached hydrogens (tertiary/aromatic N) is 2. The van der Waals surface area contributed by atoms with Gasteiger partial charge in [0.05, 0.1) is 0 Å². The van der Waals surface area contributed by atoms with Crippen LogP contribution in [0.1, 0.15) is 48.0 Å². The molecule has 2 saturated heterocycles. The molecule has 0 aromatic heterocycles. The Morgan fingerprint density at radius 1 is 0.967 bits per heavy atom. The van der Waals surface area contributed by atoms with Gasteiger partial charge in [-0.05, 0) is 68.2 Å². The molecule has 2 aromatic rings. The molecule has 5 rings (SSSR count). The third kappa shape index (κ3) is 4.39. The van der Waals surface area contributed by atoms with Gasteiger partial charge in [0, 0.05) is 37.8 Å². The first kappa shape index (κ1) is 19.6. The van der Waals surface area contributed by atoms with Crippen molar-refractivity contribution in [1.82, 2.24) is 9.80 Å². The van der Waals surface area contributed by atoms with Crippen molar-refractivity contribution in [3.63, 3.8) is 0 Å². The number of rotatable bonds is 6. The summed E-state index contributed by atoms with van der Waals surface area (Å²) < 4.78 is 6.28. The number of piperidine rings is 2. The van der Waals surface area contributed by atoms with Gasteiger partial charge in [0.1, 0.15) is 11.9 Å². The van der Waals surface area contributed by atoms with Crippen LogP contribution in [0.25, 0.3) is 0 Å². The molecule has 0 N–H and O–H groups in total. The third-order valence-corrected chi connectivity index (χ3v) is 7.15. The molecule has 4 heteroatoms. The Kier molecular flexibility index (Phi) is 5.76. The molecule has 4 nitrogen and oxygen atoms in total. The second-order valence-electron chi connectivity index (χ2n) is 9.21. The molecule has 2 bridgehead atoms. The molecule has 30 heavy (non-hydrogen) atoms. The van der Waals surface area contributed by atoms with E-state index in [4.69, 9.17) is 4.74 Å². The summed E-state index contributed by atoms with van der Waals surface area (Å²) in [6.45, 7) is 4.20. The van der Waals surface area contributed by atoms with Crippen molar-refractivity contribution in [1.29, 1.82) is 0 Å². The van der Waals surface area contributed by atoms with Crippen LogP contribution < -0.4 is 4.74 Å². The van der Waals surface area contributed by atoms with Gasteiger partial charge >= 0.3 is 0 Å². The van der Waals surface area contributed by atoms with E-state index >= 15 is 0 Å². The first-order chi connectivity index (χ1) is 14.7. The molecule has 0 unspecified atom stereocenters. The van der Waals surface area contributed by atoms with Gasteiger partial charge in [-0.25, -0.2) is 0 Å². The zero-order valence-electron chi connectivity index (χ0n) is 17.7. The highest BCUT2D eigenvalue weighted by Crippen LogP contribution is 2.38. The van der Waals surface area contributed by atoms with Crippen LogP contribution in [-0.2, 0) is 6.42 Å². The number of fused-ring (bicyclic) bond motifs is 2. The number of carbonyl (C=O) groups is 1. The van der Waals surface area contributed by atoms with Crippen LogP contribution in [0.2, 0.25) is 0 Å². The maximum atomic E-state index is 13.0. The van der Waals surface area contributed by atoms with Crippen molar-refractivity contribution in [3.8, 4) is 5.75 Å². The van der Waals surface area contributed by atoms with Crippen LogP contribution in [0.4, 0.5) is 0 Å². The average molecular weight is 405 g/mol. The Morgan fingerprint density at radius 2 is 1.80 bits per heavy atom. The Morgan fingerprint density at radius 3 is 2.53 bits per heavy atom. The van der Waals surface area contributed by atoms with Crippen molar-refractivity contribution in [2.45, 2.75) is 50.7 Å². The van der Waals surface area contributed by atoms with E-state index < -0.39 is 0 Å². The van der Waals surface area contributed by atoms with Gasteiger partial charge in [0.2, 0.25) is 0 Å². The second-order valence-corrected chi connectivity index (χ2v) is 9.21. The second kappa shape index (κ2) is 8.81. The average Bonchev–Trinajstić information content (AvgIpc) is 3.43. The lowest BCUT2D eigenvalue weighted by molar-refractivity contribution is 0.0701. The molecular weight excluding hydrogens is 372 g/mol. The van der Waals surface area contributed by atoms with Crippen molar-refractivity contribution in [3.05, 3.63) is 65.7 Å². The van der Waals surface area contributed by atoms with Crippen molar-refractivity contribution in [2.75, 3.05) is 26.2 Å².